The van der Waals surface area contributed by atoms with Crippen molar-refractivity contribution in [1.82, 2.24) is 10.3 Å². The summed E-state index contributed by atoms with van der Waals surface area (Å²) in [4.78, 5) is 4.49. The first-order valence-corrected chi connectivity index (χ1v) is 7.55. The van der Waals surface area contributed by atoms with Gasteiger partial charge in [0.05, 0.1) is 11.8 Å². The van der Waals surface area contributed by atoms with Gasteiger partial charge < -0.3 is 10.1 Å². The summed E-state index contributed by atoms with van der Waals surface area (Å²) >= 11 is 3.42. The molecule has 0 bridgehead atoms. The van der Waals surface area contributed by atoms with Crippen molar-refractivity contribution in [2.45, 2.75) is 44.8 Å². The third-order valence-electron chi connectivity index (χ3n) is 3.36. The van der Waals surface area contributed by atoms with Crippen LogP contribution in [-0.4, -0.2) is 24.2 Å². The first-order valence-electron chi connectivity index (χ1n) is 6.76. The molecule has 3 nitrogen and oxygen atoms in total. The molecule has 2 rings (SSSR count). The Bertz CT molecular complexity index is 349. The van der Waals surface area contributed by atoms with E-state index in [1.807, 2.05) is 6.20 Å². The Kier molecular flexibility index (Phi) is 5.60. The highest BCUT2D eigenvalue weighted by atomic mass is 79.9. The number of halogens is 1. The van der Waals surface area contributed by atoms with Crippen LogP contribution in [0.4, 0.5) is 0 Å². The summed E-state index contributed by atoms with van der Waals surface area (Å²) in [5, 5.41) is 3.51. The fraction of sp³-hybridized carbons (Fsp3) is 0.643. The molecule has 0 saturated carbocycles. The lowest BCUT2D eigenvalue weighted by atomic mass is 10.0. The highest BCUT2D eigenvalue weighted by Crippen LogP contribution is 2.23. The molecular formula is C14H21BrN2O. The summed E-state index contributed by atoms with van der Waals surface area (Å²) in [6, 6.07) is 4.48. The minimum absolute atomic E-state index is 0.340. The fourth-order valence-electron chi connectivity index (χ4n) is 2.42. The monoisotopic (exact) mass is 312 g/mol. The highest BCUT2D eigenvalue weighted by molar-refractivity contribution is 9.10. The molecule has 4 heteroatoms. The molecule has 0 aliphatic carbocycles. The number of hydrogen-bond acceptors (Lipinski definition) is 3. The highest BCUT2D eigenvalue weighted by Gasteiger charge is 2.19. The van der Waals surface area contributed by atoms with Crippen LogP contribution in [-0.2, 0) is 4.74 Å². The van der Waals surface area contributed by atoms with Gasteiger partial charge in [0, 0.05) is 23.3 Å². The Morgan fingerprint density at radius 2 is 2.44 bits per heavy atom. The molecule has 2 unspecified atom stereocenters. The van der Waals surface area contributed by atoms with Gasteiger partial charge in [0.15, 0.2) is 0 Å². The van der Waals surface area contributed by atoms with E-state index in [0.29, 0.717) is 12.1 Å². The minimum atomic E-state index is 0.340. The van der Waals surface area contributed by atoms with Crippen LogP contribution >= 0.6 is 15.9 Å². The van der Waals surface area contributed by atoms with Crippen molar-refractivity contribution in [2.24, 2.45) is 0 Å². The zero-order valence-corrected chi connectivity index (χ0v) is 12.4. The molecule has 1 aliphatic rings. The van der Waals surface area contributed by atoms with E-state index in [2.05, 4.69) is 45.3 Å². The van der Waals surface area contributed by atoms with Crippen molar-refractivity contribution in [2.75, 3.05) is 13.2 Å². The molecule has 1 aromatic heterocycles. The Morgan fingerprint density at radius 1 is 1.56 bits per heavy atom. The van der Waals surface area contributed by atoms with Gasteiger partial charge in [-0.2, -0.15) is 0 Å². The lowest BCUT2D eigenvalue weighted by Gasteiger charge is -2.19. The van der Waals surface area contributed by atoms with E-state index in [-0.39, 0.29) is 0 Å². The summed E-state index contributed by atoms with van der Waals surface area (Å²) in [5.41, 5.74) is 1.12. The van der Waals surface area contributed by atoms with Crippen molar-refractivity contribution in [3.05, 3.63) is 28.5 Å². The molecule has 2 heterocycles. The molecule has 0 radical (unpaired) electrons. The number of aromatic nitrogens is 1. The van der Waals surface area contributed by atoms with Gasteiger partial charge in [0.25, 0.3) is 0 Å². The van der Waals surface area contributed by atoms with Gasteiger partial charge in [0.1, 0.15) is 0 Å². The summed E-state index contributed by atoms with van der Waals surface area (Å²) < 4.78 is 6.71. The van der Waals surface area contributed by atoms with E-state index < -0.39 is 0 Å². The SMILES string of the molecule is CCNC(CCC1CCCO1)c1ccc(Br)cn1. The van der Waals surface area contributed by atoms with Gasteiger partial charge in [-0.15, -0.1) is 0 Å². The maximum absolute atomic E-state index is 5.68. The van der Waals surface area contributed by atoms with E-state index in [1.165, 1.54) is 12.8 Å². The molecule has 1 aromatic rings. The largest absolute Gasteiger partial charge is 0.378 e. The fourth-order valence-corrected chi connectivity index (χ4v) is 2.65. The molecular weight excluding hydrogens is 292 g/mol. The van der Waals surface area contributed by atoms with Crippen LogP contribution in [0.2, 0.25) is 0 Å². The standard InChI is InChI=1S/C14H21BrN2O/c1-2-16-13(8-6-12-4-3-9-18-12)14-7-5-11(15)10-17-14/h5,7,10,12-13,16H,2-4,6,8-9H2,1H3. The molecule has 1 aliphatic heterocycles. The smallest absolute Gasteiger partial charge is 0.0576 e. The third kappa shape index (κ3) is 4.04. The van der Waals surface area contributed by atoms with E-state index in [0.717, 1.165) is 36.2 Å². The Morgan fingerprint density at radius 3 is 3.06 bits per heavy atom. The topological polar surface area (TPSA) is 34.1 Å². The molecule has 2 atom stereocenters. The zero-order chi connectivity index (χ0) is 12.8. The minimum Gasteiger partial charge on any atom is -0.378 e. The molecule has 1 N–H and O–H groups in total. The van der Waals surface area contributed by atoms with Gasteiger partial charge in [-0.05, 0) is 60.3 Å². The maximum Gasteiger partial charge on any atom is 0.0576 e. The van der Waals surface area contributed by atoms with Crippen LogP contribution in [0.5, 0.6) is 0 Å². The average molecular weight is 313 g/mol. The van der Waals surface area contributed by atoms with Crippen LogP contribution in [0.25, 0.3) is 0 Å². The Labute approximate surface area is 117 Å². The van der Waals surface area contributed by atoms with Crippen molar-refractivity contribution in [1.29, 1.82) is 0 Å². The van der Waals surface area contributed by atoms with Crippen molar-refractivity contribution in [3.63, 3.8) is 0 Å². The number of nitrogens with one attached hydrogen (secondary N) is 1. The molecule has 0 aromatic carbocycles. The number of ether oxygens (including phenoxy) is 1. The van der Waals surface area contributed by atoms with Crippen LogP contribution in [0.3, 0.4) is 0 Å². The normalized spacial score (nSPS) is 21.1. The van der Waals surface area contributed by atoms with Crippen LogP contribution in [0.15, 0.2) is 22.8 Å². The molecule has 1 saturated heterocycles. The van der Waals surface area contributed by atoms with Gasteiger partial charge in [-0.3, -0.25) is 4.98 Å². The molecule has 0 spiro atoms. The van der Waals surface area contributed by atoms with Crippen LogP contribution < -0.4 is 5.32 Å². The van der Waals surface area contributed by atoms with Gasteiger partial charge in [-0.25, -0.2) is 0 Å². The molecule has 1 fully saturated rings. The first-order chi connectivity index (χ1) is 8.79. The third-order valence-corrected chi connectivity index (χ3v) is 3.83. The number of hydrogen-bond donors (Lipinski definition) is 1. The average Bonchev–Trinajstić information content (AvgIpc) is 2.89. The molecule has 0 amide bonds. The Hall–Kier alpha value is -0.450. The lowest BCUT2D eigenvalue weighted by molar-refractivity contribution is 0.0995. The number of rotatable bonds is 6. The van der Waals surface area contributed by atoms with Gasteiger partial charge in [0.2, 0.25) is 0 Å². The van der Waals surface area contributed by atoms with Gasteiger partial charge >= 0.3 is 0 Å². The number of pyridine rings is 1. The van der Waals surface area contributed by atoms with Crippen LogP contribution in [0, 0.1) is 0 Å². The van der Waals surface area contributed by atoms with E-state index >= 15 is 0 Å². The second-order valence-electron chi connectivity index (χ2n) is 4.72. The summed E-state index contributed by atoms with van der Waals surface area (Å²) in [6.45, 7) is 4.04. The number of nitrogens with zero attached hydrogens (tertiary/aromatic N) is 1. The van der Waals surface area contributed by atoms with Crippen molar-refractivity contribution in [3.8, 4) is 0 Å². The van der Waals surface area contributed by atoms with E-state index in [4.69, 9.17) is 4.74 Å². The second-order valence-corrected chi connectivity index (χ2v) is 5.64. The molecule has 100 valence electrons. The first kappa shape index (κ1) is 14.0. The van der Waals surface area contributed by atoms with E-state index in [9.17, 15) is 0 Å². The Balaban J connectivity index is 1.91. The second kappa shape index (κ2) is 7.22. The van der Waals surface area contributed by atoms with Gasteiger partial charge in [-0.1, -0.05) is 6.92 Å². The summed E-state index contributed by atoms with van der Waals surface area (Å²) in [5.74, 6) is 0. The molecule has 18 heavy (non-hydrogen) atoms. The predicted molar refractivity (Wildman–Crippen MR) is 76.6 cm³/mol. The maximum atomic E-state index is 5.68. The van der Waals surface area contributed by atoms with Crippen LogP contribution in [0.1, 0.15) is 44.3 Å². The quantitative estimate of drug-likeness (QED) is 0.873. The van der Waals surface area contributed by atoms with Crippen molar-refractivity contribution < 1.29 is 4.74 Å². The van der Waals surface area contributed by atoms with E-state index in [1.54, 1.807) is 0 Å². The lowest BCUT2D eigenvalue weighted by Crippen LogP contribution is -2.23. The predicted octanol–water partition coefficient (Wildman–Crippen LogP) is 3.45. The van der Waals surface area contributed by atoms with Crippen molar-refractivity contribution >= 4 is 15.9 Å². The zero-order valence-electron chi connectivity index (χ0n) is 10.9. The summed E-state index contributed by atoms with van der Waals surface area (Å²) in [7, 11) is 0. The summed E-state index contributed by atoms with van der Waals surface area (Å²) in [6.07, 6.45) is 6.97.